The molecule has 1 N–H and O–H groups in total. The Morgan fingerprint density at radius 1 is 1.55 bits per heavy atom. The molecule has 0 saturated carbocycles. The van der Waals surface area contributed by atoms with Crippen LogP contribution in [-0.2, 0) is 6.61 Å². The van der Waals surface area contributed by atoms with Gasteiger partial charge in [0.25, 0.3) is 0 Å². The summed E-state index contributed by atoms with van der Waals surface area (Å²) < 4.78 is 0. The van der Waals surface area contributed by atoms with Crippen LogP contribution in [0.4, 0.5) is 0 Å². The van der Waals surface area contributed by atoms with Gasteiger partial charge in [0.15, 0.2) is 0 Å². The first-order valence-corrected chi connectivity index (χ1v) is 4.08. The fraction of sp³-hybridized carbons (Fsp3) is 0.143. The molecule has 0 radical (unpaired) electrons. The second-order valence-corrected chi connectivity index (χ2v) is 3.03. The molecule has 0 aliphatic carbocycles. The van der Waals surface area contributed by atoms with Crippen LogP contribution in [0.15, 0.2) is 17.6 Å². The molecule has 0 unspecified atom stereocenters. The van der Waals surface area contributed by atoms with E-state index in [-0.39, 0.29) is 6.61 Å². The van der Waals surface area contributed by atoms with Crippen molar-refractivity contribution in [2.75, 3.05) is 0 Å². The van der Waals surface area contributed by atoms with E-state index in [1.54, 1.807) is 17.5 Å². The average molecular weight is 166 g/mol. The van der Waals surface area contributed by atoms with Gasteiger partial charge in [-0.05, 0) is 11.4 Å². The van der Waals surface area contributed by atoms with Crippen LogP contribution in [0.1, 0.15) is 5.69 Å². The molecule has 0 aromatic carbocycles. The lowest BCUT2D eigenvalue weighted by molar-refractivity contribution is 0.277. The van der Waals surface area contributed by atoms with Gasteiger partial charge < -0.3 is 5.11 Å². The molecular formula is C7H6N2OS. The third kappa shape index (κ3) is 1.10. The van der Waals surface area contributed by atoms with Gasteiger partial charge in [-0.25, -0.2) is 9.97 Å². The molecule has 0 saturated heterocycles. The Balaban J connectivity index is 2.67. The molecule has 0 aliphatic heterocycles. The SMILES string of the molecule is OCc1cnc2sccc2n1. The molecule has 2 aromatic heterocycles. The van der Waals surface area contributed by atoms with Crippen molar-refractivity contribution in [3.63, 3.8) is 0 Å². The second-order valence-electron chi connectivity index (χ2n) is 2.13. The molecule has 2 rings (SSSR count). The number of hydrogen-bond acceptors (Lipinski definition) is 4. The number of aliphatic hydroxyl groups excluding tert-OH is 1. The Morgan fingerprint density at radius 3 is 3.27 bits per heavy atom. The topological polar surface area (TPSA) is 46.0 Å². The van der Waals surface area contributed by atoms with Gasteiger partial charge in [-0.3, -0.25) is 0 Å². The van der Waals surface area contributed by atoms with Crippen molar-refractivity contribution in [1.82, 2.24) is 9.97 Å². The molecule has 0 atom stereocenters. The van der Waals surface area contributed by atoms with Gasteiger partial charge in [0, 0.05) is 0 Å². The summed E-state index contributed by atoms with van der Waals surface area (Å²) >= 11 is 1.55. The molecule has 11 heavy (non-hydrogen) atoms. The summed E-state index contributed by atoms with van der Waals surface area (Å²) in [6.07, 6.45) is 1.60. The molecule has 2 aromatic rings. The van der Waals surface area contributed by atoms with Crippen LogP contribution >= 0.6 is 11.3 Å². The minimum Gasteiger partial charge on any atom is -0.390 e. The maximum absolute atomic E-state index is 8.74. The van der Waals surface area contributed by atoms with Crippen molar-refractivity contribution < 1.29 is 5.11 Å². The molecule has 0 amide bonds. The fourth-order valence-corrected chi connectivity index (χ4v) is 1.54. The molecule has 0 bridgehead atoms. The summed E-state index contributed by atoms with van der Waals surface area (Å²) in [5, 5.41) is 10.7. The zero-order chi connectivity index (χ0) is 7.68. The van der Waals surface area contributed by atoms with Gasteiger partial charge in [-0.15, -0.1) is 11.3 Å². The van der Waals surface area contributed by atoms with Crippen LogP contribution in [0.25, 0.3) is 10.3 Å². The highest BCUT2D eigenvalue weighted by Crippen LogP contribution is 2.15. The Labute approximate surface area is 67.4 Å². The zero-order valence-electron chi connectivity index (χ0n) is 5.69. The molecule has 56 valence electrons. The number of hydrogen-bond donors (Lipinski definition) is 1. The lowest BCUT2D eigenvalue weighted by atomic mass is 10.4. The summed E-state index contributed by atoms with van der Waals surface area (Å²) in [7, 11) is 0. The van der Waals surface area contributed by atoms with E-state index in [9.17, 15) is 0 Å². The number of aromatic nitrogens is 2. The van der Waals surface area contributed by atoms with Gasteiger partial charge in [-0.2, -0.15) is 0 Å². The lowest BCUT2D eigenvalue weighted by Crippen LogP contribution is -1.89. The van der Waals surface area contributed by atoms with E-state index in [0.717, 1.165) is 10.3 Å². The van der Waals surface area contributed by atoms with Gasteiger partial charge in [-0.1, -0.05) is 0 Å². The monoisotopic (exact) mass is 166 g/mol. The number of rotatable bonds is 1. The van der Waals surface area contributed by atoms with E-state index in [1.807, 2.05) is 11.4 Å². The molecule has 4 heteroatoms. The van der Waals surface area contributed by atoms with Crippen molar-refractivity contribution in [2.45, 2.75) is 6.61 Å². The molecule has 3 nitrogen and oxygen atoms in total. The van der Waals surface area contributed by atoms with E-state index in [0.29, 0.717) is 5.69 Å². The number of fused-ring (bicyclic) bond motifs is 1. The number of nitrogens with zero attached hydrogens (tertiary/aromatic N) is 2. The molecule has 0 spiro atoms. The minimum atomic E-state index is -0.0429. The van der Waals surface area contributed by atoms with E-state index >= 15 is 0 Å². The normalized spacial score (nSPS) is 10.6. The van der Waals surface area contributed by atoms with Crippen LogP contribution in [0.2, 0.25) is 0 Å². The lowest BCUT2D eigenvalue weighted by Gasteiger charge is -1.92. The zero-order valence-corrected chi connectivity index (χ0v) is 6.51. The van der Waals surface area contributed by atoms with Crippen LogP contribution in [-0.4, -0.2) is 15.1 Å². The first-order chi connectivity index (χ1) is 5.40. The van der Waals surface area contributed by atoms with Crippen LogP contribution in [0, 0.1) is 0 Å². The largest absolute Gasteiger partial charge is 0.390 e. The average Bonchev–Trinajstić information content (AvgIpc) is 2.50. The standard InChI is InChI=1S/C7H6N2OS/c10-4-5-3-8-7-6(9-5)1-2-11-7/h1-3,10H,4H2. The summed E-state index contributed by atoms with van der Waals surface area (Å²) in [4.78, 5) is 9.18. The van der Waals surface area contributed by atoms with E-state index in [1.165, 1.54) is 0 Å². The highest BCUT2D eigenvalue weighted by atomic mass is 32.1. The predicted octanol–water partition coefficient (Wildman–Crippen LogP) is 1.18. The van der Waals surface area contributed by atoms with Gasteiger partial charge in [0.05, 0.1) is 18.5 Å². The predicted molar refractivity (Wildman–Crippen MR) is 43.3 cm³/mol. The van der Waals surface area contributed by atoms with Gasteiger partial charge >= 0.3 is 0 Å². The summed E-state index contributed by atoms with van der Waals surface area (Å²) in [5.41, 5.74) is 1.48. The van der Waals surface area contributed by atoms with Crippen LogP contribution in [0.3, 0.4) is 0 Å². The first kappa shape index (κ1) is 6.69. The summed E-state index contributed by atoms with van der Waals surface area (Å²) in [5.74, 6) is 0. The minimum absolute atomic E-state index is 0.0429. The van der Waals surface area contributed by atoms with Crippen molar-refractivity contribution >= 4 is 21.7 Å². The quantitative estimate of drug-likeness (QED) is 0.692. The van der Waals surface area contributed by atoms with Crippen molar-refractivity contribution in [3.05, 3.63) is 23.3 Å². The third-order valence-corrected chi connectivity index (χ3v) is 2.19. The molecule has 2 heterocycles. The third-order valence-electron chi connectivity index (χ3n) is 1.38. The van der Waals surface area contributed by atoms with Gasteiger partial charge in [0.1, 0.15) is 10.3 Å². The maximum atomic E-state index is 8.74. The van der Waals surface area contributed by atoms with Gasteiger partial charge in [0.2, 0.25) is 0 Å². The van der Waals surface area contributed by atoms with Crippen LogP contribution < -0.4 is 0 Å². The summed E-state index contributed by atoms with van der Waals surface area (Å²) in [6.45, 7) is -0.0429. The highest BCUT2D eigenvalue weighted by Gasteiger charge is 1.98. The van der Waals surface area contributed by atoms with Crippen molar-refractivity contribution in [1.29, 1.82) is 0 Å². The Bertz CT molecular complexity index is 371. The van der Waals surface area contributed by atoms with Crippen molar-refractivity contribution in [3.8, 4) is 0 Å². The Hall–Kier alpha value is -1.00. The molecule has 0 fully saturated rings. The van der Waals surface area contributed by atoms with E-state index in [2.05, 4.69) is 9.97 Å². The summed E-state index contributed by atoms with van der Waals surface area (Å²) in [6, 6.07) is 1.90. The first-order valence-electron chi connectivity index (χ1n) is 3.20. The highest BCUT2D eigenvalue weighted by molar-refractivity contribution is 7.16. The fourth-order valence-electron chi connectivity index (χ4n) is 0.869. The number of thiophene rings is 1. The molecule has 0 aliphatic rings. The van der Waals surface area contributed by atoms with Crippen molar-refractivity contribution in [2.24, 2.45) is 0 Å². The van der Waals surface area contributed by atoms with Crippen LogP contribution in [0.5, 0.6) is 0 Å². The smallest absolute Gasteiger partial charge is 0.141 e. The Morgan fingerprint density at radius 2 is 2.45 bits per heavy atom. The molecular weight excluding hydrogens is 160 g/mol. The maximum Gasteiger partial charge on any atom is 0.141 e. The Kier molecular flexibility index (Phi) is 1.56. The second kappa shape index (κ2) is 2.56. The van der Waals surface area contributed by atoms with E-state index in [4.69, 9.17) is 5.11 Å². The number of aliphatic hydroxyl groups is 1. The van der Waals surface area contributed by atoms with E-state index < -0.39 is 0 Å².